The van der Waals surface area contributed by atoms with Gasteiger partial charge in [0.05, 0.1) is 5.02 Å². The molecule has 4 rings (SSSR count). The number of rotatable bonds is 4. The van der Waals surface area contributed by atoms with Crippen LogP contribution in [0.1, 0.15) is 24.6 Å². The van der Waals surface area contributed by atoms with Crippen LogP contribution in [0.2, 0.25) is 5.02 Å². The second kappa shape index (κ2) is 6.59. The van der Waals surface area contributed by atoms with Crippen LogP contribution in [-0.2, 0) is 16.1 Å². The smallest absolute Gasteiger partial charge is 0.245 e. The summed E-state index contributed by atoms with van der Waals surface area (Å²) in [6.07, 6.45) is 1.28. The highest BCUT2D eigenvalue weighted by Crippen LogP contribution is 2.35. The van der Waals surface area contributed by atoms with E-state index in [-0.39, 0.29) is 29.9 Å². The van der Waals surface area contributed by atoms with Crippen molar-refractivity contribution >= 4 is 44.8 Å². The van der Waals surface area contributed by atoms with Crippen molar-refractivity contribution in [3.8, 4) is 0 Å². The third-order valence-corrected chi connectivity index (χ3v) is 6.78. The van der Waals surface area contributed by atoms with E-state index in [0.29, 0.717) is 25.9 Å². The third-order valence-electron chi connectivity index (χ3n) is 5.06. The Morgan fingerprint density at radius 3 is 2.92 bits per heavy atom. The molecular formula is C18H20ClN3O2S. The third kappa shape index (κ3) is 2.92. The normalized spacial score (nSPS) is 26.2. The van der Waals surface area contributed by atoms with Crippen molar-refractivity contribution in [1.29, 1.82) is 0 Å². The van der Waals surface area contributed by atoms with Crippen molar-refractivity contribution in [2.75, 3.05) is 6.54 Å². The molecule has 2 aliphatic rings. The van der Waals surface area contributed by atoms with Crippen LogP contribution < -0.4 is 10.6 Å². The van der Waals surface area contributed by atoms with Crippen molar-refractivity contribution in [2.45, 2.75) is 44.4 Å². The molecule has 2 N–H and O–H groups in total. The van der Waals surface area contributed by atoms with Gasteiger partial charge in [0.2, 0.25) is 11.8 Å². The summed E-state index contributed by atoms with van der Waals surface area (Å²) in [5, 5.41) is 8.19. The lowest BCUT2D eigenvalue weighted by atomic mass is 10.1. The highest BCUT2D eigenvalue weighted by atomic mass is 35.5. The van der Waals surface area contributed by atoms with E-state index in [2.05, 4.69) is 16.7 Å². The summed E-state index contributed by atoms with van der Waals surface area (Å²) in [5.74, 6) is 0.00642. The van der Waals surface area contributed by atoms with Gasteiger partial charge in [-0.15, -0.1) is 11.3 Å². The van der Waals surface area contributed by atoms with Crippen molar-refractivity contribution in [3.05, 3.63) is 34.2 Å². The SMILES string of the molecule is CC[C@@H]1NC(=O)[C@@H]2C[C@H](NCc3sc4ccccc4c3Cl)CN2C1=O. The Morgan fingerprint density at radius 2 is 2.16 bits per heavy atom. The number of nitrogens with one attached hydrogen (secondary N) is 2. The molecule has 2 amide bonds. The molecule has 2 saturated heterocycles. The second-order valence-electron chi connectivity index (χ2n) is 6.62. The highest BCUT2D eigenvalue weighted by molar-refractivity contribution is 7.19. The number of halogens is 1. The first kappa shape index (κ1) is 16.8. The van der Waals surface area contributed by atoms with Gasteiger partial charge in [-0.05, 0) is 18.9 Å². The summed E-state index contributed by atoms with van der Waals surface area (Å²) in [6, 6.07) is 7.49. The van der Waals surface area contributed by atoms with E-state index in [1.807, 2.05) is 25.1 Å². The molecule has 1 aromatic heterocycles. The molecule has 7 heteroatoms. The number of carbonyl (C=O) groups is 2. The van der Waals surface area contributed by atoms with Crippen LogP contribution in [0.3, 0.4) is 0 Å². The van der Waals surface area contributed by atoms with Gasteiger partial charge in [-0.2, -0.15) is 0 Å². The molecule has 2 fully saturated rings. The summed E-state index contributed by atoms with van der Waals surface area (Å²) < 4.78 is 1.17. The average molecular weight is 378 g/mol. The number of amides is 2. The molecule has 132 valence electrons. The molecule has 0 unspecified atom stereocenters. The lowest BCUT2D eigenvalue weighted by Crippen LogP contribution is -2.60. The van der Waals surface area contributed by atoms with E-state index >= 15 is 0 Å². The molecule has 0 radical (unpaired) electrons. The van der Waals surface area contributed by atoms with Crippen LogP contribution in [0.5, 0.6) is 0 Å². The molecule has 0 bridgehead atoms. The molecule has 0 aliphatic carbocycles. The Hall–Kier alpha value is -1.63. The molecule has 25 heavy (non-hydrogen) atoms. The van der Waals surface area contributed by atoms with E-state index in [9.17, 15) is 9.59 Å². The Morgan fingerprint density at radius 1 is 1.36 bits per heavy atom. The molecule has 2 aromatic rings. The summed E-state index contributed by atoms with van der Waals surface area (Å²) >= 11 is 8.17. The number of benzene rings is 1. The quantitative estimate of drug-likeness (QED) is 0.860. The lowest BCUT2D eigenvalue weighted by molar-refractivity contribution is -0.147. The van der Waals surface area contributed by atoms with Gasteiger partial charge in [0, 0.05) is 34.1 Å². The van der Waals surface area contributed by atoms with E-state index in [4.69, 9.17) is 11.6 Å². The summed E-state index contributed by atoms with van der Waals surface area (Å²) in [6.45, 7) is 3.14. The van der Waals surface area contributed by atoms with E-state index in [1.165, 1.54) is 4.70 Å². The van der Waals surface area contributed by atoms with Crippen LogP contribution in [0.25, 0.3) is 10.1 Å². The van der Waals surface area contributed by atoms with Gasteiger partial charge in [0.1, 0.15) is 12.1 Å². The van der Waals surface area contributed by atoms with Gasteiger partial charge in [-0.25, -0.2) is 0 Å². The maximum atomic E-state index is 12.4. The predicted molar refractivity (Wildman–Crippen MR) is 99.8 cm³/mol. The van der Waals surface area contributed by atoms with Crippen molar-refractivity contribution in [3.63, 3.8) is 0 Å². The first-order chi connectivity index (χ1) is 12.1. The van der Waals surface area contributed by atoms with Gasteiger partial charge in [0.25, 0.3) is 0 Å². The number of hydrogen-bond donors (Lipinski definition) is 2. The zero-order valence-corrected chi connectivity index (χ0v) is 15.5. The first-order valence-electron chi connectivity index (χ1n) is 8.58. The fraction of sp³-hybridized carbons (Fsp3) is 0.444. The Balaban J connectivity index is 1.45. The summed E-state index contributed by atoms with van der Waals surface area (Å²) in [5.41, 5.74) is 0. The maximum absolute atomic E-state index is 12.4. The first-order valence-corrected chi connectivity index (χ1v) is 9.78. The molecule has 0 saturated carbocycles. The summed E-state index contributed by atoms with van der Waals surface area (Å²) in [4.78, 5) is 27.5. The fourth-order valence-electron chi connectivity index (χ4n) is 3.70. The average Bonchev–Trinajstić information content (AvgIpc) is 3.19. The van der Waals surface area contributed by atoms with Gasteiger partial charge in [-0.1, -0.05) is 36.7 Å². The zero-order valence-electron chi connectivity index (χ0n) is 13.9. The van der Waals surface area contributed by atoms with Crippen molar-refractivity contribution in [1.82, 2.24) is 15.5 Å². The standard InChI is InChI=1S/C18H20ClN3O2S/c1-2-12-18(24)22-9-10(7-13(22)17(23)21-12)20-8-15-16(19)11-5-3-4-6-14(11)25-15/h3-6,10,12-13,20H,2,7-9H2,1H3,(H,21,23)/t10-,12-,13-/m0/s1. The predicted octanol–water partition coefficient (Wildman–Crippen LogP) is 2.52. The van der Waals surface area contributed by atoms with E-state index in [1.54, 1.807) is 16.2 Å². The highest BCUT2D eigenvalue weighted by Gasteiger charge is 2.45. The van der Waals surface area contributed by atoms with Gasteiger partial charge >= 0.3 is 0 Å². The van der Waals surface area contributed by atoms with Gasteiger partial charge < -0.3 is 15.5 Å². The Bertz CT molecular complexity index is 837. The van der Waals surface area contributed by atoms with Crippen LogP contribution in [-0.4, -0.2) is 41.4 Å². The monoisotopic (exact) mass is 377 g/mol. The van der Waals surface area contributed by atoms with Crippen LogP contribution in [0.15, 0.2) is 24.3 Å². The number of fused-ring (bicyclic) bond motifs is 2. The van der Waals surface area contributed by atoms with E-state index in [0.717, 1.165) is 15.3 Å². The minimum Gasteiger partial charge on any atom is -0.343 e. The molecular weight excluding hydrogens is 358 g/mol. The van der Waals surface area contributed by atoms with Crippen molar-refractivity contribution in [2.24, 2.45) is 0 Å². The second-order valence-corrected chi connectivity index (χ2v) is 8.14. The lowest BCUT2D eigenvalue weighted by Gasteiger charge is -2.33. The molecule has 0 spiro atoms. The minimum atomic E-state index is -0.375. The largest absolute Gasteiger partial charge is 0.343 e. The summed E-state index contributed by atoms with van der Waals surface area (Å²) in [7, 11) is 0. The number of hydrogen-bond acceptors (Lipinski definition) is 4. The minimum absolute atomic E-state index is 0.0318. The Labute approximate surface area is 155 Å². The van der Waals surface area contributed by atoms with Gasteiger partial charge in [0.15, 0.2) is 0 Å². The van der Waals surface area contributed by atoms with Crippen LogP contribution in [0, 0.1) is 0 Å². The topological polar surface area (TPSA) is 61.4 Å². The molecule has 5 nitrogen and oxygen atoms in total. The fourth-order valence-corrected chi connectivity index (χ4v) is 5.15. The van der Waals surface area contributed by atoms with Crippen LogP contribution >= 0.6 is 22.9 Å². The molecule has 2 aliphatic heterocycles. The van der Waals surface area contributed by atoms with Gasteiger partial charge in [-0.3, -0.25) is 9.59 Å². The van der Waals surface area contributed by atoms with E-state index < -0.39 is 0 Å². The molecule has 3 heterocycles. The molecule has 1 aromatic carbocycles. The number of thiophene rings is 1. The number of piperazine rings is 1. The maximum Gasteiger partial charge on any atom is 0.245 e. The zero-order chi connectivity index (χ0) is 17.6. The van der Waals surface area contributed by atoms with Crippen molar-refractivity contribution < 1.29 is 9.59 Å². The number of nitrogens with zero attached hydrogens (tertiary/aromatic N) is 1. The Kier molecular flexibility index (Phi) is 4.43. The number of carbonyl (C=O) groups excluding carboxylic acids is 2. The molecule has 3 atom stereocenters. The van der Waals surface area contributed by atoms with Crippen LogP contribution in [0.4, 0.5) is 0 Å².